The smallest absolute Gasteiger partial charge is 0.130 e. The van der Waals surface area contributed by atoms with Crippen LogP contribution in [0, 0.1) is 18.6 Å². The second-order valence-corrected chi connectivity index (χ2v) is 5.49. The van der Waals surface area contributed by atoms with Gasteiger partial charge in [-0.3, -0.25) is 0 Å². The van der Waals surface area contributed by atoms with E-state index in [9.17, 15) is 8.78 Å². The normalized spacial score (nSPS) is 13.0. The molecule has 0 spiro atoms. The topological polar surface area (TPSA) is 12.0 Å². The van der Waals surface area contributed by atoms with Gasteiger partial charge in [0.1, 0.15) is 11.6 Å². The standard InChI is InChI=1S/C16H25F2N/c1-5-6-7-8-16(19-11(2)3)13-9-12(4)14(17)10-15(13)18/h9-11,16,19H,5-8H2,1-4H3. The third kappa shape index (κ3) is 4.90. The summed E-state index contributed by atoms with van der Waals surface area (Å²) in [5.41, 5.74) is 1.09. The fourth-order valence-electron chi connectivity index (χ4n) is 2.28. The molecule has 0 aliphatic carbocycles. The highest BCUT2D eigenvalue weighted by molar-refractivity contribution is 5.28. The second-order valence-electron chi connectivity index (χ2n) is 5.49. The maximum absolute atomic E-state index is 14.0. The number of rotatable bonds is 7. The van der Waals surface area contributed by atoms with Gasteiger partial charge in [0.25, 0.3) is 0 Å². The van der Waals surface area contributed by atoms with Crippen molar-refractivity contribution in [2.24, 2.45) is 0 Å². The molecule has 0 heterocycles. The summed E-state index contributed by atoms with van der Waals surface area (Å²) in [5.74, 6) is -0.921. The number of benzene rings is 1. The van der Waals surface area contributed by atoms with Gasteiger partial charge in [-0.2, -0.15) is 0 Å². The summed E-state index contributed by atoms with van der Waals surface area (Å²) >= 11 is 0. The van der Waals surface area contributed by atoms with E-state index in [2.05, 4.69) is 12.2 Å². The minimum atomic E-state index is -0.474. The van der Waals surface area contributed by atoms with Crippen molar-refractivity contribution in [1.82, 2.24) is 5.32 Å². The highest BCUT2D eigenvalue weighted by atomic mass is 19.1. The third-order valence-corrected chi connectivity index (χ3v) is 3.28. The van der Waals surface area contributed by atoms with E-state index in [1.54, 1.807) is 13.0 Å². The lowest BCUT2D eigenvalue weighted by Gasteiger charge is -2.23. The van der Waals surface area contributed by atoms with Gasteiger partial charge in [0, 0.05) is 23.7 Å². The van der Waals surface area contributed by atoms with Crippen LogP contribution in [0.5, 0.6) is 0 Å². The van der Waals surface area contributed by atoms with Gasteiger partial charge >= 0.3 is 0 Å². The Hall–Kier alpha value is -0.960. The van der Waals surface area contributed by atoms with Gasteiger partial charge in [0.15, 0.2) is 0 Å². The Morgan fingerprint density at radius 2 is 1.79 bits per heavy atom. The van der Waals surface area contributed by atoms with Gasteiger partial charge in [-0.25, -0.2) is 8.78 Å². The van der Waals surface area contributed by atoms with E-state index < -0.39 is 11.6 Å². The summed E-state index contributed by atoms with van der Waals surface area (Å²) < 4.78 is 27.3. The zero-order chi connectivity index (χ0) is 14.4. The van der Waals surface area contributed by atoms with Crippen LogP contribution in [0.25, 0.3) is 0 Å². The van der Waals surface area contributed by atoms with Gasteiger partial charge in [-0.05, 0) is 25.0 Å². The van der Waals surface area contributed by atoms with E-state index in [-0.39, 0.29) is 12.1 Å². The maximum atomic E-state index is 14.0. The van der Waals surface area contributed by atoms with Crippen LogP contribution in [-0.4, -0.2) is 6.04 Å². The number of nitrogens with one attached hydrogen (secondary N) is 1. The molecule has 1 atom stereocenters. The minimum Gasteiger partial charge on any atom is -0.308 e. The molecule has 1 N–H and O–H groups in total. The number of hydrogen-bond acceptors (Lipinski definition) is 1. The van der Waals surface area contributed by atoms with Crippen LogP contribution in [0.2, 0.25) is 0 Å². The molecule has 0 fully saturated rings. The fraction of sp³-hybridized carbons (Fsp3) is 0.625. The molecule has 0 saturated carbocycles. The van der Waals surface area contributed by atoms with Gasteiger partial charge in [-0.1, -0.05) is 40.0 Å². The zero-order valence-electron chi connectivity index (χ0n) is 12.4. The summed E-state index contributed by atoms with van der Waals surface area (Å²) in [6.45, 7) is 7.91. The van der Waals surface area contributed by atoms with Gasteiger partial charge in [-0.15, -0.1) is 0 Å². The first-order valence-electron chi connectivity index (χ1n) is 7.17. The van der Waals surface area contributed by atoms with E-state index in [0.29, 0.717) is 11.1 Å². The first-order valence-corrected chi connectivity index (χ1v) is 7.17. The zero-order valence-corrected chi connectivity index (χ0v) is 12.4. The van der Waals surface area contributed by atoms with E-state index in [4.69, 9.17) is 0 Å². The first-order chi connectivity index (χ1) is 8.95. The van der Waals surface area contributed by atoms with Crippen molar-refractivity contribution in [3.8, 4) is 0 Å². The lowest BCUT2D eigenvalue weighted by atomic mass is 9.97. The van der Waals surface area contributed by atoms with Crippen LogP contribution in [0.4, 0.5) is 8.78 Å². The van der Waals surface area contributed by atoms with E-state index in [1.165, 1.54) is 0 Å². The molecule has 1 aromatic rings. The molecule has 0 aromatic heterocycles. The molecule has 19 heavy (non-hydrogen) atoms. The lowest BCUT2D eigenvalue weighted by molar-refractivity contribution is 0.419. The second kappa shape index (κ2) is 7.59. The molecule has 1 nitrogen and oxygen atoms in total. The molecule has 108 valence electrons. The summed E-state index contributed by atoms with van der Waals surface area (Å²) in [4.78, 5) is 0. The van der Waals surface area contributed by atoms with Crippen LogP contribution in [0.1, 0.15) is 63.6 Å². The largest absolute Gasteiger partial charge is 0.308 e. The van der Waals surface area contributed by atoms with Crippen molar-refractivity contribution >= 4 is 0 Å². The van der Waals surface area contributed by atoms with Gasteiger partial charge in [0.05, 0.1) is 0 Å². The van der Waals surface area contributed by atoms with Crippen molar-refractivity contribution < 1.29 is 8.78 Å². The minimum absolute atomic E-state index is 0.0363. The average molecular weight is 269 g/mol. The van der Waals surface area contributed by atoms with Gasteiger partial charge < -0.3 is 5.32 Å². The van der Waals surface area contributed by atoms with Crippen LogP contribution in [0.3, 0.4) is 0 Å². The molecular formula is C16H25F2N. The molecule has 0 amide bonds. The van der Waals surface area contributed by atoms with E-state index in [1.807, 2.05) is 13.8 Å². The summed E-state index contributed by atoms with van der Waals surface area (Å²) in [6.07, 6.45) is 4.21. The Morgan fingerprint density at radius 1 is 1.11 bits per heavy atom. The highest BCUT2D eigenvalue weighted by Crippen LogP contribution is 2.25. The molecule has 0 saturated heterocycles. The quantitative estimate of drug-likeness (QED) is 0.695. The molecule has 0 bridgehead atoms. The summed E-state index contributed by atoms with van der Waals surface area (Å²) in [6, 6.07) is 2.87. The first kappa shape index (κ1) is 16.1. The molecule has 1 unspecified atom stereocenters. The predicted octanol–water partition coefficient (Wildman–Crippen LogP) is 4.89. The van der Waals surface area contributed by atoms with Crippen molar-refractivity contribution in [3.05, 3.63) is 34.9 Å². The Balaban J connectivity index is 2.92. The summed E-state index contributed by atoms with van der Waals surface area (Å²) in [5, 5.41) is 3.38. The number of hydrogen-bond donors (Lipinski definition) is 1. The molecule has 1 rings (SSSR count). The number of unbranched alkanes of at least 4 members (excludes halogenated alkanes) is 2. The van der Waals surface area contributed by atoms with Crippen LogP contribution < -0.4 is 5.32 Å². The average Bonchev–Trinajstić information content (AvgIpc) is 2.32. The van der Waals surface area contributed by atoms with Crippen LogP contribution in [-0.2, 0) is 0 Å². The maximum Gasteiger partial charge on any atom is 0.130 e. The SMILES string of the molecule is CCCCCC(NC(C)C)c1cc(C)c(F)cc1F. The highest BCUT2D eigenvalue weighted by Gasteiger charge is 2.18. The Bertz CT molecular complexity index is 402. The predicted molar refractivity (Wildman–Crippen MR) is 76.2 cm³/mol. The van der Waals surface area contributed by atoms with Crippen molar-refractivity contribution in [2.45, 2.75) is 65.5 Å². The molecule has 0 radical (unpaired) electrons. The van der Waals surface area contributed by atoms with Gasteiger partial charge in [0.2, 0.25) is 0 Å². The number of aryl methyl sites for hydroxylation is 1. The molecule has 3 heteroatoms. The van der Waals surface area contributed by atoms with Crippen molar-refractivity contribution in [1.29, 1.82) is 0 Å². The third-order valence-electron chi connectivity index (χ3n) is 3.28. The fourth-order valence-corrected chi connectivity index (χ4v) is 2.28. The van der Waals surface area contributed by atoms with E-state index >= 15 is 0 Å². The van der Waals surface area contributed by atoms with Crippen LogP contribution >= 0.6 is 0 Å². The van der Waals surface area contributed by atoms with Crippen LogP contribution in [0.15, 0.2) is 12.1 Å². The van der Waals surface area contributed by atoms with Crippen molar-refractivity contribution in [3.63, 3.8) is 0 Å². The monoisotopic (exact) mass is 269 g/mol. The van der Waals surface area contributed by atoms with E-state index in [0.717, 1.165) is 31.7 Å². The molecule has 0 aliphatic rings. The Labute approximate surface area is 115 Å². The molecule has 1 aromatic carbocycles. The summed E-state index contributed by atoms with van der Waals surface area (Å²) in [7, 11) is 0. The lowest BCUT2D eigenvalue weighted by Crippen LogP contribution is -2.29. The Kier molecular flexibility index (Phi) is 6.43. The molecule has 0 aliphatic heterocycles. The van der Waals surface area contributed by atoms with Crippen molar-refractivity contribution in [2.75, 3.05) is 0 Å². The Morgan fingerprint density at radius 3 is 2.37 bits per heavy atom. The molecular weight excluding hydrogens is 244 g/mol. The number of halogens is 2.